The lowest BCUT2D eigenvalue weighted by atomic mass is 10.1. The molecule has 0 atom stereocenters. The molecule has 0 aliphatic heterocycles. The van der Waals surface area contributed by atoms with Crippen LogP contribution >= 0.6 is 11.6 Å². The summed E-state index contributed by atoms with van der Waals surface area (Å²) in [6, 6.07) is 10.7. The van der Waals surface area contributed by atoms with Crippen molar-refractivity contribution in [2.24, 2.45) is 0 Å². The summed E-state index contributed by atoms with van der Waals surface area (Å²) in [6.45, 7) is 0. The first-order valence-electron chi connectivity index (χ1n) is 6.00. The Morgan fingerprint density at radius 3 is 2.38 bits per heavy atom. The molecule has 0 aliphatic rings. The van der Waals surface area contributed by atoms with Gasteiger partial charge in [0, 0.05) is 6.07 Å². The van der Waals surface area contributed by atoms with Crippen LogP contribution in [0.15, 0.2) is 42.5 Å². The Morgan fingerprint density at radius 1 is 1.14 bits per heavy atom. The number of methoxy groups -OCH3 is 1. The molecule has 2 aromatic carbocycles. The quantitative estimate of drug-likeness (QED) is 0.908. The number of rotatable bonds is 4. The standard InChI is InChI=1S/C15H12ClNO4/c1-21-9-6-7-13(12(16)8-9)17-14(18)10-4-2-3-5-11(10)15(19)20/h2-8H,1H3,(H,17,18)(H,19,20). The first-order chi connectivity index (χ1) is 10.0. The Balaban J connectivity index is 2.28. The fraction of sp³-hybridized carbons (Fsp3) is 0.0667. The molecule has 0 heterocycles. The van der Waals surface area contributed by atoms with Crippen LogP contribution in [0.4, 0.5) is 5.69 Å². The maximum absolute atomic E-state index is 12.2. The highest BCUT2D eigenvalue weighted by Crippen LogP contribution is 2.27. The highest BCUT2D eigenvalue weighted by Gasteiger charge is 2.16. The average molecular weight is 306 g/mol. The Kier molecular flexibility index (Phi) is 4.45. The van der Waals surface area contributed by atoms with Crippen LogP contribution in [0.25, 0.3) is 0 Å². The predicted octanol–water partition coefficient (Wildman–Crippen LogP) is 3.30. The molecule has 21 heavy (non-hydrogen) atoms. The van der Waals surface area contributed by atoms with E-state index in [1.54, 1.807) is 30.3 Å². The van der Waals surface area contributed by atoms with E-state index >= 15 is 0 Å². The molecule has 6 heteroatoms. The van der Waals surface area contributed by atoms with E-state index in [-0.39, 0.29) is 11.1 Å². The number of benzene rings is 2. The van der Waals surface area contributed by atoms with Gasteiger partial charge in [-0.05, 0) is 24.3 Å². The minimum atomic E-state index is -1.17. The lowest BCUT2D eigenvalue weighted by Gasteiger charge is -2.10. The minimum absolute atomic E-state index is 0.0666. The fourth-order valence-electron chi connectivity index (χ4n) is 1.78. The van der Waals surface area contributed by atoms with Crippen LogP contribution in [0.3, 0.4) is 0 Å². The smallest absolute Gasteiger partial charge is 0.336 e. The van der Waals surface area contributed by atoms with Crippen molar-refractivity contribution in [3.63, 3.8) is 0 Å². The summed E-state index contributed by atoms with van der Waals surface area (Å²) in [7, 11) is 1.51. The number of carbonyl (C=O) groups is 2. The van der Waals surface area contributed by atoms with E-state index < -0.39 is 11.9 Å². The van der Waals surface area contributed by atoms with Gasteiger partial charge in [-0.25, -0.2) is 4.79 Å². The van der Waals surface area contributed by atoms with Crippen molar-refractivity contribution < 1.29 is 19.4 Å². The fourth-order valence-corrected chi connectivity index (χ4v) is 2.00. The molecule has 0 saturated carbocycles. The first-order valence-corrected chi connectivity index (χ1v) is 6.38. The number of hydrogen-bond donors (Lipinski definition) is 2. The van der Waals surface area contributed by atoms with Gasteiger partial charge >= 0.3 is 5.97 Å². The van der Waals surface area contributed by atoms with Crippen molar-refractivity contribution in [2.45, 2.75) is 0 Å². The van der Waals surface area contributed by atoms with Gasteiger partial charge in [-0.15, -0.1) is 0 Å². The molecular formula is C15H12ClNO4. The molecule has 0 unspecified atom stereocenters. The summed E-state index contributed by atoms with van der Waals surface area (Å²) in [5.74, 6) is -1.15. The van der Waals surface area contributed by atoms with Crippen molar-refractivity contribution in [3.8, 4) is 5.75 Å². The number of halogens is 1. The Labute approximate surface area is 126 Å². The molecule has 2 aromatic rings. The van der Waals surface area contributed by atoms with Crippen molar-refractivity contribution in [1.29, 1.82) is 0 Å². The number of carbonyl (C=O) groups excluding carboxylic acids is 1. The largest absolute Gasteiger partial charge is 0.497 e. The molecule has 2 rings (SSSR count). The van der Waals surface area contributed by atoms with Crippen LogP contribution in [0, 0.1) is 0 Å². The van der Waals surface area contributed by atoms with E-state index in [2.05, 4.69) is 5.32 Å². The average Bonchev–Trinajstić information content (AvgIpc) is 2.49. The van der Waals surface area contributed by atoms with Crippen LogP contribution in [0.1, 0.15) is 20.7 Å². The van der Waals surface area contributed by atoms with Crippen LogP contribution in [0.5, 0.6) is 5.75 Å². The van der Waals surface area contributed by atoms with Gasteiger partial charge in [0.1, 0.15) is 5.75 Å². The van der Waals surface area contributed by atoms with E-state index in [4.69, 9.17) is 21.4 Å². The zero-order valence-corrected chi connectivity index (χ0v) is 11.8. The second kappa shape index (κ2) is 6.28. The number of anilines is 1. The topological polar surface area (TPSA) is 75.6 Å². The summed E-state index contributed by atoms with van der Waals surface area (Å²) >= 11 is 6.03. The number of ether oxygens (including phenoxy) is 1. The normalized spacial score (nSPS) is 10.0. The summed E-state index contributed by atoms with van der Waals surface area (Å²) in [4.78, 5) is 23.3. The second-order valence-corrected chi connectivity index (χ2v) is 4.56. The molecule has 0 bridgehead atoms. The zero-order chi connectivity index (χ0) is 15.4. The Morgan fingerprint density at radius 2 is 1.81 bits per heavy atom. The third-order valence-corrected chi connectivity index (χ3v) is 3.14. The number of aromatic carboxylic acids is 1. The van der Waals surface area contributed by atoms with Gasteiger partial charge in [0.2, 0.25) is 0 Å². The monoisotopic (exact) mass is 305 g/mol. The number of nitrogens with one attached hydrogen (secondary N) is 1. The van der Waals surface area contributed by atoms with E-state index in [0.717, 1.165) is 0 Å². The molecule has 0 fully saturated rings. The van der Waals surface area contributed by atoms with Crippen LogP contribution in [-0.4, -0.2) is 24.1 Å². The van der Waals surface area contributed by atoms with Crippen LogP contribution in [-0.2, 0) is 0 Å². The SMILES string of the molecule is COc1ccc(NC(=O)c2ccccc2C(=O)O)c(Cl)c1. The lowest BCUT2D eigenvalue weighted by Crippen LogP contribution is -2.16. The molecule has 0 radical (unpaired) electrons. The molecule has 0 aliphatic carbocycles. The van der Waals surface area contributed by atoms with Crippen LogP contribution in [0.2, 0.25) is 5.02 Å². The molecule has 2 N–H and O–H groups in total. The summed E-state index contributed by atoms with van der Waals surface area (Å²) < 4.78 is 5.02. The third kappa shape index (κ3) is 3.32. The van der Waals surface area contributed by atoms with Crippen LogP contribution < -0.4 is 10.1 Å². The van der Waals surface area contributed by atoms with Crippen molar-refractivity contribution in [3.05, 3.63) is 58.6 Å². The second-order valence-electron chi connectivity index (χ2n) is 4.15. The molecule has 0 spiro atoms. The summed E-state index contributed by atoms with van der Waals surface area (Å²) in [6.07, 6.45) is 0. The van der Waals surface area contributed by atoms with Gasteiger partial charge in [-0.2, -0.15) is 0 Å². The Hall–Kier alpha value is -2.53. The van der Waals surface area contributed by atoms with Gasteiger partial charge in [-0.3, -0.25) is 4.79 Å². The summed E-state index contributed by atoms with van der Waals surface area (Å²) in [5.41, 5.74) is 0.374. The maximum atomic E-state index is 12.2. The molecule has 108 valence electrons. The minimum Gasteiger partial charge on any atom is -0.497 e. The van der Waals surface area contributed by atoms with E-state index in [0.29, 0.717) is 16.5 Å². The van der Waals surface area contributed by atoms with Crippen molar-refractivity contribution >= 4 is 29.2 Å². The molecule has 0 saturated heterocycles. The van der Waals surface area contributed by atoms with Gasteiger partial charge in [0.25, 0.3) is 5.91 Å². The first kappa shape index (κ1) is 14.9. The summed E-state index contributed by atoms with van der Waals surface area (Å²) in [5, 5.41) is 12.0. The molecule has 5 nitrogen and oxygen atoms in total. The van der Waals surface area contributed by atoms with E-state index in [1.165, 1.54) is 19.2 Å². The number of amides is 1. The predicted molar refractivity (Wildman–Crippen MR) is 79.4 cm³/mol. The lowest BCUT2D eigenvalue weighted by molar-refractivity contribution is 0.0692. The number of carboxylic acid groups (broad SMARTS) is 1. The number of hydrogen-bond acceptors (Lipinski definition) is 3. The van der Waals surface area contributed by atoms with Crippen molar-refractivity contribution in [2.75, 3.05) is 12.4 Å². The van der Waals surface area contributed by atoms with Gasteiger partial charge in [0.15, 0.2) is 0 Å². The zero-order valence-electron chi connectivity index (χ0n) is 11.1. The van der Waals surface area contributed by atoms with E-state index in [1.807, 2.05) is 0 Å². The van der Waals surface area contributed by atoms with Gasteiger partial charge < -0.3 is 15.2 Å². The molecule has 0 aromatic heterocycles. The highest BCUT2D eigenvalue weighted by molar-refractivity contribution is 6.34. The van der Waals surface area contributed by atoms with Gasteiger partial charge in [0.05, 0.1) is 28.9 Å². The number of carboxylic acids is 1. The third-order valence-electron chi connectivity index (χ3n) is 2.83. The van der Waals surface area contributed by atoms with Crippen molar-refractivity contribution in [1.82, 2.24) is 0 Å². The molecular weight excluding hydrogens is 294 g/mol. The highest BCUT2D eigenvalue weighted by atomic mass is 35.5. The molecule has 1 amide bonds. The maximum Gasteiger partial charge on any atom is 0.336 e. The Bertz CT molecular complexity index is 700. The van der Waals surface area contributed by atoms with E-state index in [9.17, 15) is 9.59 Å². The van der Waals surface area contributed by atoms with Gasteiger partial charge in [-0.1, -0.05) is 23.7 Å².